The van der Waals surface area contributed by atoms with E-state index in [0.29, 0.717) is 0 Å². The zero-order chi connectivity index (χ0) is 9.54. The molecule has 1 aliphatic heterocycles. The first-order valence-corrected chi connectivity index (χ1v) is 5.47. The molecule has 1 aromatic carbocycles. The fourth-order valence-electron chi connectivity index (χ4n) is 2.64. The van der Waals surface area contributed by atoms with Gasteiger partial charge in [-0.25, -0.2) is 0 Å². The summed E-state index contributed by atoms with van der Waals surface area (Å²) in [5.41, 5.74) is 7.99. The molecule has 1 aliphatic carbocycles. The number of anilines is 2. The Morgan fingerprint density at radius 1 is 1.36 bits per heavy atom. The van der Waals surface area contributed by atoms with Crippen LogP contribution in [0.25, 0.3) is 0 Å². The van der Waals surface area contributed by atoms with Crippen LogP contribution in [0, 0.1) is 5.92 Å². The van der Waals surface area contributed by atoms with Crippen LogP contribution in [0.1, 0.15) is 19.3 Å². The predicted molar refractivity (Wildman–Crippen MR) is 59.3 cm³/mol. The molecule has 1 saturated carbocycles. The smallest absolute Gasteiger partial charge is 0.0389 e. The summed E-state index contributed by atoms with van der Waals surface area (Å²) >= 11 is 0. The van der Waals surface area contributed by atoms with Crippen molar-refractivity contribution >= 4 is 11.4 Å². The molecule has 0 amide bonds. The van der Waals surface area contributed by atoms with Crippen molar-refractivity contribution in [2.45, 2.75) is 25.3 Å². The van der Waals surface area contributed by atoms with Gasteiger partial charge >= 0.3 is 0 Å². The van der Waals surface area contributed by atoms with Gasteiger partial charge in [0.15, 0.2) is 0 Å². The minimum atomic E-state index is 0.825. The van der Waals surface area contributed by atoms with Crippen LogP contribution in [0.3, 0.4) is 0 Å². The minimum absolute atomic E-state index is 0.825. The summed E-state index contributed by atoms with van der Waals surface area (Å²) in [4.78, 5) is 2.53. The Labute approximate surface area is 84.7 Å². The second kappa shape index (κ2) is 2.91. The van der Waals surface area contributed by atoms with Gasteiger partial charge < -0.3 is 10.6 Å². The molecule has 1 saturated heterocycles. The van der Waals surface area contributed by atoms with Crippen LogP contribution in [0.4, 0.5) is 11.4 Å². The van der Waals surface area contributed by atoms with Gasteiger partial charge in [-0.3, -0.25) is 0 Å². The highest BCUT2D eigenvalue weighted by atomic mass is 15.2. The molecule has 2 heteroatoms. The van der Waals surface area contributed by atoms with Gasteiger partial charge in [-0.1, -0.05) is 6.07 Å². The highest BCUT2D eigenvalue weighted by molar-refractivity contribution is 5.57. The molecule has 2 nitrogen and oxygen atoms in total. The van der Waals surface area contributed by atoms with E-state index in [4.69, 9.17) is 5.73 Å². The van der Waals surface area contributed by atoms with Gasteiger partial charge in [0.25, 0.3) is 0 Å². The van der Waals surface area contributed by atoms with Crippen molar-refractivity contribution in [3.63, 3.8) is 0 Å². The molecule has 0 radical (unpaired) electrons. The standard InChI is InChI=1S/C12H16N2/c13-10-4-1-5-11(8-10)14-6-2-3-9-7-12(9)14/h1,4-5,8-9,12H,2-3,6-7,13H2. The van der Waals surface area contributed by atoms with Gasteiger partial charge in [0.05, 0.1) is 0 Å². The van der Waals surface area contributed by atoms with Crippen molar-refractivity contribution in [3.05, 3.63) is 24.3 Å². The van der Waals surface area contributed by atoms with Crippen LogP contribution in [0.2, 0.25) is 0 Å². The molecule has 2 unspecified atom stereocenters. The van der Waals surface area contributed by atoms with Crippen molar-refractivity contribution in [1.29, 1.82) is 0 Å². The van der Waals surface area contributed by atoms with Crippen molar-refractivity contribution in [3.8, 4) is 0 Å². The third kappa shape index (κ3) is 1.26. The fourth-order valence-corrected chi connectivity index (χ4v) is 2.64. The monoisotopic (exact) mass is 188 g/mol. The number of rotatable bonds is 1. The van der Waals surface area contributed by atoms with E-state index in [1.54, 1.807) is 0 Å². The average molecular weight is 188 g/mol. The van der Waals surface area contributed by atoms with E-state index in [9.17, 15) is 0 Å². The molecule has 0 bridgehead atoms. The molecule has 14 heavy (non-hydrogen) atoms. The lowest BCUT2D eigenvalue weighted by atomic mass is 10.1. The Kier molecular flexibility index (Phi) is 1.69. The Bertz CT molecular complexity index is 348. The maximum atomic E-state index is 5.80. The largest absolute Gasteiger partial charge is 0.399 e. The van der Waals surface area contributed by atoms with Crippen molar-refractivity contribution in [2.24, 2.45) is 5.92 Å². The number of fused-ring (bicyclic) bond motifs is 1. The maximum Gasteiger partial charge on any atom is 0.0389 e. The number of piperidine rings is 1. The van der Waals surface area contributed by atoms with E-state index in [1.807, 2.05) is 6.07 Å². The molecule has 74 valence electrons. The summed E-state index contributed by atoms with van der Waals surface area (Å²) in [7, 11) is 0. The van der Waals surface area contributed by atoms with Gasteiger partial charge in [0.2, 0.25) is 0 Å². The average Bonchev–Trinajstić information content (AvgIpc) is 2.95. The lowest BCUT2D eigenvalue weighted by molar-refractivity contribution is 0.559. The molecular formula is C12H16N2. The molecule has 0 spiro atoms. The number of nitrogen functional groups attached to an aromatic ring is 1. The number of nitrogens with zero attached hydrogens (tertiary/aromatic N) is 1. The van der Waals surface area contributed by atoms with Crippen LogP contribution in [-0.2, 0) is 0 Å². The van der Waals surface area contributed by atoms with Crippen molar-refractivity contribution in [1.82, 2.24) is 0 Å². The Hall–Kier alpha value is -1.18. The molecule has 1 aromatic rings. The Morgan fingerprint density at radius 2 is 2.29 bits per heavy atom. The summed E-state index contributed by atoms with van der Waals surface area (Å²) in [6.07, 6.45) is 4.17. The quantitative estimate of drug-likeness (QED) is 0.685. The van der Waals surface area contributed by atoms with E-state index in [1.165, 1.54) is 31.5 Å². The van der Waals surface area contributed by atoms with E-state index in [0.717, 1.165) is 17.6 Å². The molecule has 2 atom stereocenters. The van der Waals surface area contributed by atoms with Crippen LogP contribution in [-0.4, -0.2) is 12.6 Å². The van der Waals surface area contributed by atoms with Crippen LogP contribution in [0.15, 0.2) is 24.3 Å². The first-order valence-electron chi connectivity index (χ1n) is 5.47. The predicted octanol–water partition coefficient (Wildman–Crippen LogP) is 2.26. The summed E-state index contributed by atoms with van der Waals surface area (Å²) < 4.78 is 0. The van der Waals surface area contributed by atoms with E-state index >= 15 is 0 Å². The second-order valence-electron chi connectivity index (χ2n) is 4.49. The number of benzene rings is 1. The number of hydrogen-bond acceptors (Lipinski definition) is 2. The SMILES string of the molecule is Nc1cccc(N2CCCC3CC32)c1. The lowest BCUT2D eigenvalue weighted by Crippen LogP contribution is -2.31. The van der Waals surface area contributed by atoms with Crippen LogP contribution in [0.5, 0.6) is 0 Å². The number of nitrogens with two attached hydrogens (primary N) is 1. The zero-order valence-corrected chi connectivity index (χ0v) is 8.32. The Balaban J connectivity index is 1.87. The normalized spacial score (nSPS) is 29.9. The third-order valence-corrected chi connectivity index (χ3v) is 3.46. The molecule has 2 N–H and O–H groups in total. The number of hydrogen-bond donors (Lipinski definition) is 1. The molecule has 2 aliphatic rings. The maximum absolute atomic E-state index is 5.80. The van der Waals surface area contributed by atoms with E-state index in [2.05, 4.69) is 23.1 Å². The molecular weight excluding hydrogens is 172 g/mol. The summed E-state index contributed by atoms with van der Waals surface area (Å²) in [6.45, 7) is 1.21. The topological polar surface area (TPSA) is 29.3 Å². The van der Waals surface area contributed by atoms with Gasteiger partial charge in [-0.2, -0.15) is 0 Å². The van der Waals surface area contributed by atoms with Crippen LogP contribution < -0.4 is 10.6 Å². The van der Waals surface area contributed by atoms with Crippen molar-refractivity contribution in [2.75, 3.05) is 17.2 Å². The van der Waals surface area contributed by atoms with Gasteiger partial charge in [-0.15, -0.1) is 0 Å². The molecule has 3 rings (SSSR count). The highest BCUT2D eigenvalue weighted by Gasteiger charge is 2.43. The summed E-state index contributed by atoms with van der Waals surface area (Å²) in [6, 6.07) is 9.11. The summed E-state index contributed by atoms with van der Waals surface area (Å²) in [5.74, 6) is 0.977. The van der Waals surface area contributed by atoms with Gasteiger partial charge in [0.1, 0.15) is 0 Å². The highest BCUT2D eigenvalue weighted by Crippen LogP contribution is 2.45. The first kappa shape index (κ1) is 8.16. The zero-order valence-electron chi connectivity index (χ0n) is 8.32. The molecule has 1 heterocycles. The molecule has 2 fully saturated rings. The first-order chi connectivity index (χ1) is 6.84. The minimum Gasteiger partial charge on any atom is -0.399 e. The van der Waals surface area contributed by atoms with Crippen LogP contribution >= 0.6 is 0 Å². The Morgan fingerprint density at radius 3 is 3.14 bits per heavy atom. The van der Waals surface area contributed by atoms with E-state index in [-0.39, 0.29) is 0 Å². The second-order valence-corrected chi connectivity index (χ2v) is 4.49. The summed E-state index contributed by atoms with van der Waals surface area (Å²) in [5, 5.41) is 0. The van der Waals surface area contributed by atoms with Gasteiger partial charge in [0, 0.05) is 24.0 Å². The fraction of sp³-hybridized carbons (Fsp3) is 0.500. The molecule has 0 aromatic heterocycles. The van der Waals surface area contributed by atoms with Gasteiger partial charge in [-0.05, 0) is 43.4 Å². The lowest BCUT2D eigenvalue weighted by Gasteiger charge is -2.29. The van der Waals surface area contributed by atoms with E-state index < -0.39 is 0 Å². The third-order valence-electron chi connectivity index (χ3n) is 3.46. The van der Waals surface area contributed by atoms with Crippen molar-refractivity contribution < 1.29 is 0 Å².